The van der Waals surface area contributed by atoms with Gasteiger partial charge >= 0.3 is 5.24 Å². The van der Waals surface area contributed by atoms with E-state index in [1.165, 1.54) is 0 Å². The van der Waals surface area contributed by atoms with Gasteiger partial charge in [0, 0.05) is 19.3 Å². The number of benzene rings is 1. The third kappa shape index (κ3) is 5.31. The van der Waals surface area contributed by atoms with Gasteiger partial charge in [0.2, 0.25) is 5.91 Å². The molecular formula is C12H15NO3S. The summed E-state index contributed by atoms with van der Waals surface area (Å²) in [6.45, 7) is 1.76. The number of nitrogens with one attached hydrogen (secondary N) is 1. The van der Waals surface area contributed by atoms with Gasteiger partial charge in [-0.2, -0.15) is 0 Å². The molecule has 1 aromatic carbocycles. The molecule has 0 spiro atoms. The van der Waals surface area contributed by atoms with E-state index in [0.717, 1.165) is 0 Å². The second kappa shape index (κ2) is 6.85. The fourth-order valence-corrected chi connectivity index (χ4v) is 1.44. The lowest BCUT2D eigenvalue weighted by atomic mass is 10.3. The van der Waals surface area contributed by atoms with Crippen molar-refractivity contribution in [2.75, 3.05) is 7.05 Å². The second-order valence-electron chi connectivity index (χ2n) is 3.47. The summed E-state index contributed by atoms with van der Waals surface area (Å²) in [6.07, 6.45) is -0.0689. The van der Waals surface area contributed by atoms with Crippen LogP contribution in [0.4, 0.5) is 0 Å². The number of thiocarbonyl (C=S) groups is 1. The largest absolute Gasteiger partial charge is 0.453 e. The van der Waals surface area contributed by atoms with Crippen molar-refractivity contribution in [3.05, 3.63) is 30.3 Å². The number of hydrogen-bond donors (Lipinski definition) is 1. The van der Waals surface area contributed by atoms with Crippen molar-refractivity contribution in [3.8, 4) is 5.75 Å². The van der Waals surface area contributed by atoms with Gasteiger partial charge in [0.25, 0.3) is 0 Å². The van der Waals surface area contributed by atoms with Crippen molar-refractivity contribution in [1.82, 2.24) is 5.32 Å². The summed E-state index contributed by atoms with van der Waals surface area (Å²) in [5.74, 6) is 0.518. The number of carbonyl (C=O) groups is 1. The molecule has 0 saturated carbocycles. The van der Waals surface area contributed by atoms with Crippen molar-refractivity contribution in [1.29, 1.82) is 0 Å². The molecule has 0 aliphatic rings. The fraction of sp³-hybridized carbons (Fsp3) is 0.333. The first-order chi connectivity index (χ1) is 8.11. The molecule has 0 heterocycles. The number of para-hydroxylation sites is 1. The number of amides is 1. The van der Waals surface area contributed by atoms with Gasteiger partial charge in [-0.05, 0) is 19.1 Å². The molecule has 1 amide bonds. The standard InChI is InChI=1S/C12H15NO3S/c1-9(8-11(14)13-2)15-12(17)16-10-6-4-3-5-7-10/h3-7,9H,8H2,1-2H3,(H,13,14). The molecule has 5 heteroatoms. The zero-order chi connectivity index (χ0) is 12.7. The summed E-state index contributed by atoms with van der Waals surface area (Å²) < 4.78 is 10.6. The minimum atomic E-state index is -0.314. The van der Waals surface area contributed by atoms with E-state index in [2.05, 4.69) is 5.32 Å². The molecule has 0 aliphatic heterocycles. The van der Waals surface area contributed by atoms with Crippen LogP contribution in [0.2, 0.25) is 0 Å². The Morgan fingerprint density at radius 3 is 2.65 bits per heavy atom. The van der Waals surface area contributed by atoms with Gasteiger partial charge in [0.15, 0.2) is 0 Å². The molecule has 0 aromatic heterocycles. The zero-order valence-corrected chi connectivity index (χ0v) is 10.6. The number of rotatable bonds is 4. The van der Waals surface area contributed by atoms with Gasteiger partial charge in [-0.3, -0.25) is 4.79 Å². The molecule has 0 fully saturated rings. The predicted molar refractivity (Wildman–Crippen MR) is 68.9 cm³/mol. The first kappa shape index (κ1) is 13.4. The Balaban J connectivity index is 2.37. The smallest absolute Gasteiger partial charge is 0.358 e. The Morgan fingerprint density at radius 2 is 2.06 bits per heavy atom. The number of hydrogen-bond acceptors (Lipinski definition) is 4. The van der Waals surface area contributed by atoms with Crippen molar-refractivity contribution < 1.29 is 14.3 Å². The Hall–Kier alpha value is -1.62. The lowest BCUT2D eigenvalue weighted by Gasteiger charge is -2.14. The summed E-state index contributed by atoms with van der Waals surface area (Å²) in [5, 5.41) is 2.54. The highest BCUT2D eigenvalue weighted by atomic mass is 32.1. The molecule has 1 N–H and O–H groups in total. The lowest BCUT2D eigenvalue weighted by molar-refractivity contribution is -0.122. The van der Waals surface area contributed by atoms with E-state index < -0.39 is 0 Å². The Morgan fingerprint density at radius 1 is 1.41 bits per heavy atom. The maximum atomic E-state index is 11.1. The molecule has 92 valence electrons. The SMILES string of the molecule is CNC(=O)CC(C)OC(=S)Oc1ccccc1. The molecule has 0 aliphatic carbocycles. The third-order valence-corrected chi connectivity index (χ3v) is 2.17. The molecule has 1 unspecified atom stereocenters. The first-order valence-electron chi connectivity index (χ1n) is 5.26. The van der Waals surface area contributed by atoms with Crippen LogP contribution in [0.3, 0.4) is 0 Å². The summed E-state index contributed by atoms with van der Waals surface area (Å²) >= 11 is 4.93. The topological polar surface area (TPSA) is 47.6 Å². The second-order valence-corrected chi connectivity index (χ2v) is 3.80. The Kier molecular flexibility index (Phi) is 5.42. The Labute approximate surface area is 106 Å². The van der Waals surface area contributed by atoms with E-state index in [0.29, 0.717) is 5.75 Å². The quantitative estimate of drug-likeness (QED) is 0.832. The lowest BCUT2D eigenvalue weighted by Crippen LogP contribution is -2.26. The van der Waals surface area contributed by atoms with Crippen molar-refractivity contribution in [2.24, 2.45) is 0 Å². The van der Waals surface area contributed by atoms with Crippen LogP contribution < -0.4 is 10.1 Å². The van der Waals surface area contributed by atoms with Gasteiger partial charge < -0.3 is 14.8 Å². The van der Waals surface area contributed by atoms with Crippen molar-refractivity contribution in [3.63, 3.8) is 0 Å². The van der Waals surface area contributed by atoms with Crippen LogP contribution in [-0.2, 0) is 9.53 Å². The van der Waals surface area contributed by atoms with Gasteiger partial charge in [0.1, 0.15) is 11.9 Å². The van der Waals surface area contributed by atoms with Gasteiger partial charge in [-0.15, -0.1) is 0 Å². The van der Waals surface area contributed by atoms with Gasteiger partial charge in [-0.25, -0.2) is 0 Å². The molecular weight excluding hydrogens is 238 g/mol. The summed E-state index contributed by atoms with van der Waals surface area (Å²) in [4.78, 5) is 11.1. The normalized spacial score (nSPS) is 11.4. The average molecular weight is 253 g/mol. The molecule has 4 nitrogen and oxygen atoms in total. The van der Waals surface area contributed by atoms with E-state index in [1.54, 1.807) is 26.1 Å². The molecule has 0 radical (unpaired) electrons. The molecule has 0 saturated heterocycles. The Bertz CT molecular complexity index is 381. The molecule has 1 atom stereocenters. The molecule has 1 aromatic rings. The van der Waals surface area contributed by atoms with Crippen LogP contribution in [0.25, 0.3) is 0 Å². The molecule has 1 rings (SSSR count). The highest BCUT2D eigenvalue weighted by molar-refractivity contribution is 7.79. The van der Waals surface area contributed by atoms with Gasteiger partial charge in [-0.1, -0.05) is 18.2 Å². The monoisotopic (exact) mass is 253 g/mol. The van der Waals surface area contributed by atoms with E-state index >= 15 is 0 Å². The minimum absolute atomic E-state index is 0.0209. The maximum absolute atomic E-state index is 11.1. The van der Waals surface area contributed by atoms with Crippen LogP contribution in [0.15, 0.2) is 30.3 Å². The van der Waals surface area contributed by atoms with Crippen LogP contribution in [0.5, 0.6) is 5.75 Å². The van der Waals surface area contributed by atoms with E-state index in [1.807, 2.05) is 18.2 Å². The maximum Gasteiger partial charge on any atom is 0.358 e. The van der Waals surface area contributed by atoms with E-state index in [9.17, 15) is 4.79 Å². The van der Waals surface area contributed by atoms with Crippen LogP contribution in [0, 0.1) is 0 Å². The summed E-state index contributed by atoms with van der Waals surface area (Å²) in [5.41, 5.74) is 0. The fourth-order valence-electron chi connectivity index (χ4n) is 1.18. The third-order valence-electron chi connectivity index (χ3n) is 1.99. The van der Waals surface area contributed by atoms with Crippen molar-refractivity contribution >= 4 is 23.4 Å². The van der Waals surface area contributed by atoms with E-state index in [4.69, 9.17) is 21.7 Å². The summed E-state index contributed by atoms with van der Waals surface area (Å²) in [6, 6.07) is 9.11. The highest BCUT2D eigenvalue weighted by Crippen LogP contribution is 2.10. The van der Waals surface area contributed by atoms with Crippen LogP contribution in [0.1, 0.15) is 13.3 Å². The van der Waals surface area contributed by atoms with Crippen LogP contribution in [-0.4, -0.2) is 24.3 Å². The average Bonchev–Trinajstić information content (AvgIpc) is 2.29. The number of carbonyl (C=O) groups excluding carboxylic acids is 1. The first-order valence-corrected chi connectivity index (χ1v) is 5.66. The predicted octanol–water partition coefficient (Wildman–Crippen LogP) is 1.89. The summed E-state index contributed by atoms with van der Waals surface area (Å²) in [7, 11) is 1.58. The van der Waals surface area contributed by atoms with Crippen molar-refractivity contribution in [2.45, 2.75) is 19.4 Å². The molecule has 17 heavy (non-hydrogen) atoms. The zero-order valence-electron chi connectivity index (χ0n) is 9.80. The number of ether oxygens (including phenoxy) is 2. The highest BCUT2D eigenvalue weighted by Gasteiger charge is 2.11. The van der Waals surface area contributed by atoms with Crippen LogP contribution >= 0.6 is 12.2 Å². The molecule has 0 bridgehead atoms. The minimum Gasteiger partial charge on any atom is -0.453 e. The van der Waals surface area contributed by atoms with E-state index in [-0.39, 0.29) is 23.7 Å². The van der Waals surface area contributed by atoms with Gasteiger partial charge in [0.05, 0.1) is 6.42 Å².